The van der Waals surface area contributed by atoms with Crippen LogP contribution in [0.1, 0.15) is 25.5 Å². The molecule has 0 radical (unpaired) electrons. The summed E-state index contributed by atoms with van der Waals surface area (Å²) in [5, 5.41) is 14.7. The number of likely N-dealkylation sites (N-methyl/N-ethyl adjacent to an activating group) is 1. The number of benzene rings is 1. The number of carbonyl (C=O) groups excluding carboxylic acids is 1. The molecule has 0 bridgehead atoms. The van der Waals surface area contributed by atoms with Crippen molar-refractivity contribution < 1.29 is 13.2 Å². The topological polar surface area (TPSA) is 105 Å². The van der Waals surface area contributed by atoms with E-state index in [-0.39, 0.29) is 10.9 Å². The van der Waals surface area contributed by atoms with E-state index in [9.17, 15) is 13.2 Å². The summed E-state index contributed by atoms with van der Waals surface area (Å²) in [6.45, 7) is 6.36. The van der Waals surface area contributed by atoms with Crippen LogP contribution in [0.4, 0.5) is 10.5 Å². The van der Waals surface area contributed by atoms with Crippen LogP contribution in [-0.4, -0.2) is 39.0 Å². The Hall–Kier alpha value is -1.94. The van der Waals surface area contributed by atoms with Gasteiger partial charge in [-0.15, -0.1) is 0 Å². The van der Waals surface area contributed by atoms with Gasteiger partial charge in [0.2, 0.25) is 10.0 Å². The fourth-order valence-electron chi connectivity index (χ4n) is 2.70. The molecule has 0 aliphatic carbocycles. The highest BCUT2D eigenvalue weighted by Crippen LogP contribution is 2.22. The molecule has 0 saturated heterocycles. The number of nitrogens with two attached hydrogens (primary N) is 1. The summed E-state index contributed by atoms with van der Waals surface area (Å²) in [5.41, 5.74) is 1.53. The van der Waals surface area contributed by atoms with Gasteiger partial charge in [-0.3, -0.25) is 4.90 Å². The van der Waals surface area contributed by atoms with Gasteiger partial charge in [-0.2, -0.15) is 11.3 Å². The summed E-state index contributed by atoms with van der Waals surface area (Å²) in [4.78, 5) is 14.4. The molecule has 0 aliphatic heterocycles. The second kappa shape index (κ2) is 9.13. The van der Waals surface area contributed by atoms with E-state index < -0.39 is 16.1 Å². The fourth-order valence-corrected chi connectivity index (χ4v) is 3.97. The van der Waals surface area contributed by atoms with Crippen molar-refractivity contribution in [3.8, 4) is 0 Å². The number of amides is 2. The maximum atomic E-state index is 12.2. The number of nitrogens with zero attached hydrogens (tertiary/aromatic N) is 1. The Labute approximate surface area is 158 Å². The first-order valence-electron chi connectivity index (χ1n) is 8.29. The maximum Gasteiger partial charge on any atom is 0.319 e. The highest BCUT2D eigenvalue weighted by atomic mass is 32.2. The van der Waals surface area contributed by atoms with Crippen LogP contribution in [0.15, 0.2) is 46.0 Å². The minimum absolute atomic E-state index is 0.0467. The van der Waals surface area contributed by atoms with Crippen molar-refractivity contribution in [2.75, 3.05) is 25.0 Å². The third-order valence-corrected chi connectivity index (χ3v) is 5.67. The molecule has 2 rings (SSSR count). The second-order valence-electron chi connectivity index (χ2n) is 5.70. The molecular weight excluding hydrogens is 372 g/mol. The van der Waals surface area contributed by atoms with Crippen LogP contribution in [0.3, 0.4) is 0 Å². The lowest BCUT2D eigenvalue weighted by atomic mass is 10.1. The highest BCUT2D eigenvalue weighted by Gasteiger charge is 2.19. The molecule has 1 aromatic heterocycles. The molecule has 1 unspecified atom stereocenters. The average Bonchev–Trinajstić information content (AvgIpc) is 3.12. The van der Waals surface area contributed by atoms with Gasteiger partial charge in [0.15, 0.2) is 0 Å². The lowest BCUT2D eigenvalue weighted by Crippen LogP contribution is -2.39. The van der Waals surface area contributed by atoms with Gasteiger partial charge in [0.25, 0.3) is 0 Å². The van der Waals surface area contributed by atoms with Crippen LogP contribution in [0.2, 0.25) is 0 Å². The van der Waals surface area contributed by atoms with E-state index >= 15 is 0 Å². The highest BCUT2D eigenvalue weighted by molar-refractivity contribution is 7.89. The summed E-state index contributed by atoms with van der Waals surface area (Å²) in [7, 11) is -3.81. The standard InChI is InChI=1S/C17H24N4O3S2/c1-3-21(4-2)16(13-8-9-25-12-13)11-19-17(22)20-14-6-5-7-15(10-14)26(18,23)24/h5-10,12,16H,3-4,11H2,1-2H3,(H2,18,23,24)(H2,19,20,22). The Morgan fingerprint density at radius 1 is 1.27 bits per heavy atom. The predicted octanol–water partition coefficient (Wildman–Crippen LogP) is 2.60. The van der Waals surface area contributed by atoms with Crippen molar-refractivity contribution in [1.29, 1.82) is 0 Å². The number of hydrogen-bond acceptors (Lipinski definition) is 5. The van der Waals surface area contributed by atoms with Gasteiger partial charge in [-0.05, 0) is 53.7 Å². The summed E-state index contributed by atoms with van der Waals surface area (Å²) >= 11 is 1.62. The Bertz CT molecular complexity index is 818. The first-order valence-corrected chi connectivity index (χ1v) is 10.8. The number of rotatable bonds is 8. The third-order valence-electron chi connectivity index (χ3n) is 4.06. The largest absolute Gasteiger partial charge is 0.336 e. The van der Waals surface area contributed by atoms with Crippen molar-refractivity contribution in [1.82, 2.24) is 10.2 Å². The maximum absolute atomic E-state index is 12.2. The van der Waals surface area contributed by atoms with Gasteiger partial charge >= 0.3 is 6.03 Å². The number of primary sulfonamides is 1. The zero-order chi connectivity index (χ0) is 19.2. The molecule has 142 valence electrons. The Morgan fingerprint density at radius 3 is 2.58 bits per heavy atom. The molecule has 2 aromatic rings. The van der Waals surface area contributed by atoms with Crippen LogP contribution < -0.4 is 15.8 Å². The molecule has 0 saturated carbocycles. The second-order valence-corrected chi connectivity index (χ2v) is 8.04. The number of sulfonamides is 1. The summed E-state index contributed by atoms with van der Waals surface area (Å²) in [6.07, 6.45) is 0. The molecule has 26 heavy (non-hydrogen) atoms. The van der Waals surface area contributed by atoms with Crippen LogP contribution in [0, 0.1) is 0 Å². The molecule has 1 aromatic carbocycles. The van der Waals surface area contributed by atoms with E-state index in [4.69, 9.17) is 5.14 Å². The van der Waals surface area contributed by atoms with Gasteiger partial charge in [0.05, 0.1) is 10.9 Å². The van der Waals surface area contributed by atoms with Gasteiger partial charge < -0.3 is 10.6 Å². The third kappa shape index (κ3) is 5.53. The van der Waals surface area contributed by atoms with Crippen molar-refractivity contribution in [3.05, 3.63) is 46.7 Å². The number of carbonyl (C=O) groups is 1. The summed E-state index contributed by atoms with van der Waals surface area (Å²) in [6, 6.07) is 7.58. The predicted molar refractivity (Wildman–Crippen MR) is 105 cm³/mol. The minimum Gasteiger partial charge on any atom is -0.336 e. The van der Waals surface area contributed by atoms with Crippen molar-refractivity contribution in [3.63, 3.8) is 0 Å². The van der Waals surface area contributed by atoms with E-state index in [0.29, 0.717) is 12.2 Å². The lowest BCUT2D eigenvalue weighted by Gasteiger charge is -2.29. The Balaban J connectivity index is 2.02. The first kappa shape index (κ1) is 20.4. The molecule has 0 aliphatic rings. The molecule has 9 heteroatoms. The van der Waals surface area contributed by atoms with Crippen LogP contribution in [0.5, 0.6) is 0 Å². The molecule has 7 nitrogen and oxygen atoms in total. The van der Waals surface area contributed by atoms with Gasteiger partial charge in [-0.25, -0.2) is 18.4 Å². The molecule has 1 atom stereocenters. The van der Waals surface area contributed by atoms with E-state index in [0.717, 1.165) is 18.7 Å². The monoisotopic (exact) mass is 396 g/mol. The zero-order valence-electron chi connectivity index (χ0n) is 14.8. The number of anilines is 1. The summed E-state index contributed by atoms with van der Waals surface area (Å²) in [5.74, 6) is 0. The molecule has 2 amide bonds. The SMILES string of the molecule is CCN(CC)C(CNC(=O)Nc1cccc(S(N)(=O)=O)c1)c1ccsc1. The van der Waals surface area contributed by atoms with Gasteiger partial charge in [-0.1, -0.05) is 19.9 Å². The number of hydrogen-bond donors (Lipinski definition) is 3. The van der Waals surface area contributed by atoms with E-state index in [1.54, 1.807) is 17.4 Å². The smallest absolute Gasteiger partial charge is 0.319 e. The summed E-state index contributed by atoms with van der Waals surface area (Å²) < 4.78 is 22.8. The van der Waals surface area contributed by atoms with E-state index in [1.807, 2.05) is 5.38 Å². The van der Waals surface area contributed by atoms with Gasteiger partial charge in [0, 0.05) is 12.2 Å². The van der Waals surface area contributed by atoms with Crippen molar-refractivity contribution >= 4 is 33.1 Å². The number of thiophene rings is 1. The average molecular weight is 397 g/mol. The molecular formula is C17H24N4O3S2. The van der Waals surface area contributed by atoms with Crippen LogP contribution in [-0.2, 0) is 10.0 Å². The number of urea groups is 1. The van der Waals surface area contributed by atoms with Crippen LogP contribution in [0.25, 0.3) is 0 Å². The van der Waals surface area contributed by atoms with Crippen molar-refractivity contribution in [2.45, 2.75) is 24.8 Å². The Morgan fingerprint density at radius 2 is 2.00 bits per heavy atom. The Kier molecular flexibility index (Phi) is 7.15. The van der Waals surface area contributed by atoms with Crippen LogP contribution >= 0.6 is 11.3 Å². The molecule has 0 fully saturated rings. The fraction of sp³-hybridized carbons (Fsp3) is 0.353. The quantitative estimate of drug-likeness (QED) is 0.638. The lowest BCUT2D eigenvalue weighted by molar-refractivity contribution is 0.210. The normalized spacial score (nSPS) is 12.8. The molecule has 4 N–H and O–H groups in total. The molecule has 0 spiro atoms. The van der Waals surface area contributed by atoms with Gasteiger partial charge in [0.1, 0.15) is 0 Å². The van der Waals surface area contributed by atoms with E-state index in [1.165, 1.54) is 18.2 Å². The zero-order valence-corrected chi connectivity index (χ0v) is 16.4. The van der Waals surface area contributed by atoms with E-state index in [2.05, 4.69) is 40.8 Å². The van der Waals surface area contributed by atoms with Crippen molar-refractivity contribution in [2.24, 2.45) is 5.14 Å². The number of nitrogens with one attached hydrogen (secondary N) is 2. The molecule has 1 heterocycles. The minimum atomic E-state index is -3.81. The first-order chi connectivity index (χ1) is 12.3.